The Hall–Kier alpha value is -1.39. The van der Waals surface area contributed by atoms with E-state index in [0.29, 0.717) is 13.0 Å². The van der Waals surface area contributed by atoms with Gasteiger partial charge in [-0.05, 0) is 35.6 Å². The van der Waals surface area contributed by atoms with E-state index in [1.807, 2.05) is 6.07 Å². The Morgan fingerprint density at radius 1 is 1.37 bits per heavy atom. The first-order valence-electron chi connectivity index (χ1n) is 6.83. The van der Waals surface area contributed by atoms with Crippen molar-refractivity contribution in [2.75, 3.05) is 18.4 Å². The highest BCUT2D eigenvalue weighted by atomic mass is 16.1. The maximum Gasteiger partial charge on any atom is 0.224 e. The average Bonchev–Trinajstić information content (AvgIpc) is 2.39. The average molecular weight is 261 g/mol. The first-order valence-corrected chi connectivity index (χ1v) is 6.83. The van der Waals surface area contributed by atoms with Crippen LogP contribution in [0.2, 0.25) is 0 Å². The van der Waals surface area contributed by atoms with Crippen LogP contribution in [0.1, 0.15) is 31.4 Å². The van der Waals surface area contributed by atoms with Crippen molar-refractivity contribution in [2.45, 2.75) is 33.2 Å². The van der Waals surface area contributed by atoms with Gasteiger partial charge in [0.2, 0.25) is 5.91 Å². The van der Waals surface area contributed by atoms with E-state index in [-0.39, 0.29) is 11.3 Å². The van der Waals surface area contributed by atoms with Crippen LogP contribution in [0.3, 0.4) is 0 Å². The van der Waals surface area contributed by atoms with Crippen molar-refractivity contribution in [3.63, 3.8) is 0 Å². The molecule has 0 unspecified atom stereocenters. The Morgan fingerprint density at radius 3 is 2.89 bits per heavy atom. The lowest BCUT2D eigenvalue weighted by molar-refractivity contribution is -0.116. The van der Waals surface area contributed by atoms with Crippen LogP contribution in [0, 0.1) is 5.41 Å². The van der Waals surface area contributed by atoms with Crippen LogP contribution >= 0.6 is 0 Å². The van der Waals surface area contributed by atoms with Crippen molar-refractivity contribution in [3.05, 3.63) is 29.3 Å². The Labute approximate surface area is 114 Å². The maximum atomic E-state index is 11.3. The molecule has 0 atom stereocenters. The minimum Gasteiger partial charge on any atom is -0.330 e. The molecule has 4 nitrogen and oxygen atoms in total. The number of fused-ring (bicyclic) bond motifs is 1. The number of hydrogen-bond donors (Lipinski definition) is 3. The normalized spacial score (nSPS) is 15.0. The summed E-state index contributed by atoms with van der Waals surface area (Å²) in [5.41, 5.74) is 9.28. The topological polar surface area (TPSA) is 67.1 Å². The lowest BCUT2D eigenvalue weighted by Gasteiger charge is -2.23. The van der Waals surface area contributed by atoms with E-state index in [0.717, 1.165) is 25.2 Å². The third kappa shape index (κ3) is 3.78. The molecular formula is C15H23N3O. The molecule has 1 aromatic carbocycles. The minimum atomic E-state index is 0.114. The molecule has 0 saturated carbocycles. The molecule has 0 radical (unpaired) electrons. The summed E-state index contributed by atoms with van der Waals surface area (Å²) in [4.78, 5) is 11.3. The van der Waals surface area contributed by atoms with Gasteiger partial charge in [0, 0.05) is 25.2 Å². The SMILES string of the molecule is CC(C)(CN)CNCc1ccc2c(c1)CCC(=O)N2. The summed E-state index contributed by atoms with van der Waals surface area (Å²) in [7, 11) is 0. The van der Waals surface area contributed by atoms with E-state index >= 15 is 0 Å². The van der Waals surface area contributed by atoms with E-state index in [1.54, 1.807) is 0 Å². The predicted octanol–water partition coefficient (Wildman–Crippen LogP) is 1.65. The van der Waals surface area contributed by atoms with E-state index in [9.17, 15) is 4.79 Å². The molecule has 0 bridgehead atoms. The van der Waals surface area contributed by atoms with Crippen molar-refractivity contribution in [1.29, 1.82) is 0 Å². The number of carbonyl (C=O) groups is 1. The lowest BCUT2D eigenvalue weighted by Crippen LogP contribution is -2.35. The highest BCUT2D eigenvalue weighted by Gasteiger charge is 2.16. The monoisotopic (exact) mass is 261 g/mol. The lowest BCUT2D eigenvalue weighted by atomic mass is 9.94. The van der Waals surface area contributed by atoms with Crippen LogP contribution in [0.4, 0.5) is 5.69 Å². The summed E-state index contributed by atoms with van der Waals surface area (Å²) in [6.45, 7) is 6.73. The van der Waals surface area contributed by atoms with Gasteiger partial charge >= 0.3 is 0 Å². The van der Waals surface area contributed by atoms with Gasteiger partial charge in [0.15, 0.2) is 0 Å². The molecule has 104 valence electrons. The van der Waals surface area contributed by atoms with Crippen LogP contribution in [0.5, 0.6) is 0 Å². The molecule has 0 aromatic heterocycles. The fourth-order valence-electron chi connectivity index (χ4n) is 2.16. The second kappa shape index (κ2) is 5.72. The molecule has 2 rings (SSSR count). The van der Waals surface area contributed by atoms with Gasteiger partial charge in [-0.15, -0.1) is 0 Å². The van der Waals surface area contributed by atoms with Crippen LogP contribution in [-0.4, -0.2) is 19.0 Å². The quantitative estimate of drug-likeness (QED) is 0.755. The zero-order valence-electron chi connectivity index (χ0n) is 11.8. The highest BCUT2D eigenvalue weighted by Crippen LogP contribution is 2.23. The largest absolute Gasteiger partial charge is 0.330 e. The summed E-state index contributed by atoms with van der Waals surface area (Å²) in [6, 6.07) is 6.24. The third-order valence-corrected chi connectivity index (χ3v) is 3.55. The second-order valence-electron chi connectivity index (χ2n) is 6.01. The van der Waals surface area contributed by atoms with Crippen molar-refractivity contribution in [3.8, 4) is 0 Å². The van der Waals surface area contributed by atoms with Crippen molar-refractivity contribution >= 4 is 11.6 Å². The fourth-order valence-corrected chi connectivity index (χ4v) is 2.16. The molecule has 1 aromatic rings. The molecule has 0 aliphatic carbocycles. The van der Waals surface area contributed by atoms with Gasteiger partial charge in [-0.2, -0.15) is 0 Å². The first-order chi connectivity index (χ1) is 9.00. The number of rotatable bonds is 5. The number of amides is 1. The number of carbonyl (C=O) groups excluding carboxylic acids is 1. The minimum absolute atomic E-state index is 0.114. The van der Waals surface area contributed by atoms with Crippen LogP contribution < -0.4 is 16.4 Å². The molecule has 1 aliphatic heterocycles. The summed E-state index contributed by atoms with van der Waals surface area (Å²) < 4.78 is 0. The smallest absolute Gasteiger partial charge is 0.224 e. The van der Waals surface area contributed by atoms with Gasteiger partial charge in [0.1, 0.15) is 0 Å². The van der Waals surface area contributed by atoms with Gasteiger partial charge in [0.05, 0.1) is 0 Å². The summed E-state index contributed by atoms with van der Waals surface area (Å²) in [6.07, 6.45) is 1.42. The number of nitrogens with one attached hydrogen (secondary N) is 2. The number of hydrogen-bond acceptors (Lipinski definition) is 3. The van der Waals surface area contributed by atoms with Gasteiger partial charge in [-0.3, -0.25) is 4.79 Å². The van der Waals surface area contributed by atoms with E-state index < -0.39 is 0 Å². The number of benzene rings is 1. The molecule has 19 heavy (non-hydrogen) atoms. The van der Waals surface area contributed by atoms with Crippen molar-refractivity contribution < 1.29 is 4.79 Å². The molecule has 1 aliphatic rings. The Bertz CT molecular complexity index is 468. The highest BCUT2D eigenvalue weighted by molar-refractivity contribution is 5.93. The van der Waals surface area contributed by atoms with Crippen molar-refractivity contribution in [1.82, 2.24) is 5.32 Å². The summed E-state index contributed by atoms with van der Waals surface area (Å²) in [5, 5.41) is 6.34. The molecule has 4 N–H and O–H groups in total. The van der Waals surface area contributed by atoms with E-state index in [4.69, 9.17) is 5.73 Å². The third-order valence-electron chi connectivity index (χ3n) is 3.55. The molecular weight excluding hydrogens is 238 g/mol. The maximum absolute atomic E-state index is 11.3. The number of nitrogens with two attached hydrogens (primary N) is 1. The van der Waals surface area contributed by atoms with Gasteiger partial charge in [-0.25, -0.2) is 0 Å². The fraction of sp³-hybridized carbons (Fsp3) is 0.533. The van der Waals surface area contributed by atoms with Crippen LogP contribution in [0.25, 0.3) is 0 Å². The number of aryl methyl sites for hydroxylation is 1. The zero-order valence-corrected chi connectivity index (χ0v) is 11.8. The molecule has 1 heterocycles. The van der Waals surface area contributed by atoms with Gasteiger partial charge in [0.25, 0.3) is 0 Å². The van der Waals surface area contributed by atoms with Crippen LogP contribution in [0.15, 0.2) is 18.2 Å². The van der Waals surface area contributed by atoms with E-state index in [1.165, 1.54) is 11.1 Å². The van der Waals surface area contributed by atoms with Crippen molar-refractivity contribution in [2.24, 2.45) is 11.1 Å². The first kappa shape index (κ1) is 14.0. The zero-order chi connectivity index (χ0) is 13.9. The standard InChI is InChI=1S/C15H23N3O/c1-15(2,9-16)10-17-8-11-3-5-13-12(7-11)4-6-14(19)18-13/h3,5,7,17H,4,6,8-10,16H2,1-2H3,(H,18,19). The number of anilines is 1. The Morgan fingerprint density at radius 2 is 2.16 bits per heavy atom. The molecule has 0 spiro atoms. The Kier molecular flexibility index (Phi) is 4.22. The van der Waals surface area contributed by atoms with E-state index in [2.05, 4.69) is 36.6 Å². The molecule has 0 fully saturated rings. The molecule has 0 saturated heterocycles. The van der Waals surface area contributed by atoms with Crippen LogP contribution in [-0.2, 0) is 17.8 Å². The Balaban J connectivity index is 1.94. The summed E-state index contributed by atoms with van der Waals surface area (Å²) in [5.74, 6) is 0.114. The molecule has 4 heteroatoms. The second-order valence-corrected chi connectivity index (χ2v) is 6.01. The van der Waals surface area contributed by atoms with Gasteiger partial charge in [-0.1, -0.05) is 26.0 Å². The predicted molar refractivity (Wildman–Crippen MR) is 77.9 cm³/mol. The van der Waals surface area contributed by atoms with Gasteiger partial charge < -0.3 is 16.4 Å². The summed E-state index contributed by atoms with van der Waals surface area (Å²) >= 11 is 0. The molecule has 1 amide bonds.